The molecule has 0 saturated heterocycles. The van der Waals surface area contributed by atoms with E-state index in [9.17, 15) is 20.1 Å². The fourth-order valence-electron chi connectivity index (χ4n) is 3.11. The molecule has 1 heterocycles. The lowest BCUT2D eigenvalue weighted by molar-refractivity contribution is -0.00317. The molecule has 0 radical (unpaired) electrons. The number of methoxy groups -OCH3 is 3. The maximum absolute atomic E-state index is 13.0. The van der Waals surface area contributed by atoms with Crippen molar-refractivity contribution in [2.75, 3.05) is 27.9 Å². The Bertz CT molecular complexity index is 892. The Balaban J connectivity index is 1.99. The van der Waals surface area contributed by atoms with E-state index in [0.29, 0.717) is 5.56 Å². The van der Waals surface area contributed by atoms with Crippen LogP contribution in [0.3, 0.4) is 0 Å². The van der Waals surface area contributed by atoms with Crippen molar-refractivity contribution in [3.63, 3.8) is 0 Å². The van der Waals surface area contributed by atoms with Gasteiger partial charge in [0, 0.05) is 12.5 Å². The number of rotatable bonds is 5. The molecule has 0 fully saturated rings. The van der Waals surface area contributed by atoms with Crippen LogP contribution >= 0.6 is 0 Å². The van der Waals surface area contributed by atoms with Gasteiger partial charge in [0.25, 0.3) is 0 Å². The fourth-order valence-corrected chi connectivity index (χ4v) is 3.11. The Hall–Kier alpha value is -3.13. The third-order valence-corrected chi connectivity index (χ3v) is 4.45. The van der Waals surface area contributed by atoms with Gasteiger partial charge in [0.05, 0.1) is 21.3 Å². The molecule has 2 aromatic carbocycles. The van der Waals surface area contributed by atoms with Gasteiger partial charge < -0.3 is 34.3 Å². The number of hydrogen-bond acceptors (Lipinski definition) is 8. The van der Waals surface area contributed by atoms with Crippen LogP contribution in [-0.2, 0) is 6.42 Å². The number of ketones is 1. The van der Waals surface area contributed by atoms with Crippen LogP contribution < -0.4 is 18.9 Å². The largest absolute Gasteiger partial charge is 0.507 e. The first-order valence-electron chi connectivity index (χ1n) is 8.08. The molecule has 0 amide bonds. The van der Waals surface area contributed by atoms with Crippen LogP contribution in [0.15, 0.2) is 24.3 Å². The number of phenols is 2. The molecule has 1 atom stereocenters. The number of fused-ring (bicyclic) bond motifs is 1. The molecule has 3 rings (SSSR count). The first kappa shape index (κ1) is 18.7. The zero-order chi connectivity index (χ0) is 19.8. The molecule has 27 heavy (non-hydrogen) atoms. The van der Waals surface area contributed by atoms with Crippen LogP contribution in [0.5, 0.6) is 34.5 Å². The van der Waals surface area contributed by atoms with Crippen molar-refractivity contribution in [1.29, 1.82) is 0 Å². The van der Waals surface area contributed by atoms with Gasteiger partial charge in [0.15, 0.2) is 28.6 Å². The summed E-state index contributed by atoms with van der Waals surface area (Å²) in [5.41, 5.74) is -1.61. The standard InChI is InChI=1S/C19H20O8/c1-24-13-5-4-10(6-11(13)20)8-19(23)9-27-17-15(18(19)22)12(21)7-14(25-2)16(17)26-3/h4-7,20-21,23H,8-9H2,1-3H3/t19-/m0/s1. The second-order valence-electron chi connectivity index (χ2n) is 6.17. The van der Waals surface area contributed by atoms with Crippen molar-refractivity contribution >= 4 is 5.78 Å². The third-order valence-electron chi connectivity index (χ3n) is 4.45. The van der Waals surface area contributed by atoms with E-state index < -0.39 is 11.4 Å². The number of ether oxygens (including phenoxy) is 4. The van der Waals surface area contributed by atoms with Crippen LogP contribution in [-0.4, -0.2) is 54.6 Å². The van der Waals surface area contributed by atoms with E-state index in [0.717, 1.165) is 0 Å². The summed E-state index contributed by atoms with van der Waals surface area (Å²) in [6.07, 6.45) is -0.128. The van der Waals surface area contributed by atoms with Gasteiger partial charge in [-0.25, -0.2) is 0 Å². The molecule has 8 nitrogen and oxygen atoms in total. The molecule has 0 saturated carbocycles. The summed E-state index contributed by atoms with van der Waals surface area (Å²) in [5.74, 6) is -0.563. The lowest BCUT2D eigenvalue weighted by atomic mass is 9.84. The second kappa shape index (κ2) is 6.88. The van der Waals surface area contributed by atoms with E-state index in [4.69, 9.17) is 18.9 Å². The summed E-state index contributed by atoms with van der Waals surface area (Å²) in [6, 6.07) is 5.77. The molecule has 2 aromatic rings. The van der Waals surface area contributed by atoms with Crippen molar-refractivity contribution in [3.05, 3.63) is 35.4 Å². The van der Waals surface area contributed by atoms with Crippen molar-refractivity contribution < 1.29 is 39.1 Å². The van der Waals surface area contributed by atoms with Crippen molar-refractivity contribution in [2.45, 2.75) is 12.0 Å². The minimum Gasteiger partial charge on any atom is -0.507 e. The van der Waals surface area contributed by atoms with Crippen molar-refractivity contribution in [2.24, 2.45) is 0 Å². The third kappa shape index (κ3) is 3.08. The highest BCUT2D eigenvalue weighted by Gasteiger charge is 2.46. The van der Waals surface area contributed by atoms with Crippen LogP contribution in [0.2, 0.25) is 0 Å². The first-order valence-corrected chi connectivity index (χ1v) is 8.08. The molecular weight excluding hydrogens is 356 g/mol. The van der Waals surface area contributed by atoms with E-state index in [1.807, 2.05) is 0 Å². The normalized spacial score (nSPS) is 18.4. The zero-order valence-electron chi connectivity index (χ0n) is 15.1. The van der Waals surface area contributed by atoms with Crippen LogP contribution in [0.4, 0.5) is 0 Å². The van der Waals surface area contributed by atoms with E-state index >= 15 is 0 Å². The molecule has 8 heteroatoms. The highest BCUT2D eigenvalue weighted by Crippen LogP contribution is 2.48. The minimum absolute atomic E-state index is 0.0154. The Morgan fingerprint density at radius 1 is 1.04 bits per heavy atom. The zero-order valence-corrected chi connectivity index (χ0v) is 15.1. The molecular formula is C19H20O8. The quantitative estimate of drug-likeness (QED) is 0.722. The van der Waals surface area contributed by atoms with E-state index in [2.05, 4.69) is 0 Å². The van der Waals surface area contributed by atoms with Crippen LogP contribution in [0.1, 0.15) is 15.9 Å². The molecule has 1 aliphatic heterocycles. The first-order chi connectivity index (χ1) is 12.8. The maximum Gasteiger partial charge on any atom is 0.205 e. The number of Topliss-reactive ketones (excluding diaryl/α,β-unsaturated/α-hetero) is 1. The molecule has 144 valence electrons. The predicted molar refractivity (Wildman–Crippen MR) is 94.3 cm³/mol. The molecule has 0 spiro atoms. The van der Waals surface area contributed by atoms with Gasteiger partial charge in [-0.2, -0.15) is 0 Å². The lowest BCUT2D eigenvalue weighted by Crippen LogP contribution is -2.49. The topological polar surface area (TPSA) is 115 Å². The van der Waals surface area contributed by atoms with E-state index in [-0.39, 0.29) is 53.1 Å². The van der Waals surface area contributed by atoms with Gasteiger partial charge in [-0.1, -0.05) is 6.07 Å². The van der Waals surface area contributed by atoms with Gasteiger partial charge in [0.2, 0.25) is 11.5 Å². The predicted octanol–water partition coefficient (Wildman–Crippen LogP) is 1.67. The lowest BCUT2D eigenvalue weighted by Gasteiger charge is -2.33. The average Bonchev–Trinajstić information content (AvgIpc) is 2.64. The maximum atomic E-state index is 13.0. The highest BCUT2D eigenvalue weighted by molar-refractivity contribution is 6.08. The van der Waals surface area contributed by atoms with Crippen molar-refractivity contribution in [3.8, 4) is 34.5 Å². The highest BCUT2D eigenvalue weighted by atomic mass is 16.5. The molecule has 0 bridgehead atoms. The van der Waals surface area contributed by atoms with Gasteiger partial charge in [-0.3, -0.25) is 4.79 Å². The number of carbonyl (C=O) groups excluding carboxylic acids is 1. The molecule has 0 aromatic heterocycles. The monoisotopic (exact) mass is 376 g/mol. The number of hydrogen-bond donors (Lipinski definition) is 3. The molecule has 3 N–H and O–H groups in total. The summed E-state index contributed by atoms with van der Waals surface area (Å²) < 4.78 is 20.9. The fraction of sp³-hybridized carbons (Fsp3) is 0.316. The van der Waals surface area contributed by atoms with Gasteiger partial charge in [0.1, 0.15) is 17.9 Å². The number of carbonyl (C=O) groups is 1. The molecule has 1 aliphatic rings. The minimum atomic E-state index is -1.93. The SMILES string of the molecule is COc1ccc(C[C@]2(O)COc3c(OC)c(OC)cc(O)c3C2=O)cc1O. The summed E-state index contributed by atoms with van der Waals surface area (Å²) in [5, 5.41) is 31.1. The number of aliphatic hydroxyl groups is 1. The summed E-state index contributed by atoms with van der Waals surface area (Å²) in [6.45, 7) is -0.353. The Kier molecular flexibility index (Phi) is 4.75. The van der Waals surface area contributed by atoms with Gasteiger partial charge >= 0.3 is 0 Å². The summed E-state index contributed by atoms with van der Waals surface area (Å²) >= 11 is 0. The Labute approximate surface area is 155 Å². The van der Waals surface area contributed by atoms with Crippen LogP contribution in [0.25, 0.3) is 0 Å². The number of aromatic hydroxyl groups is 2. The molecule has 0 unspecified atom stereocenters. The van der Waals surface area contributed by atoms with E-state index in [1.54, 1.807) is 6.07 Å². The second-order valence-corrected chi connectivity index (χ2v) is 6.17. The Morgan fingerprint density at radius 2 is 1.74 bits per heavy atom. The van der Waals surface area contributed by atoms with E-state index in [1.165, 1.54) is 39.5 Å². The smallest absolute Gasteiger partial charge is 0.205 e. The summed E-state index contributed by atoms with van der Waals surface area (Å²) in [4.78, 5) is 13.0. The van der Waals surface area contributed by atoms with Crippen LogP contribution in [0, 0.1) is 0 Å². The van der Waals surface area contributed by atoms with Crippen molar-refractivity contribution in [1.82, 2.24) is 0 Å². The average molecular weight is 376 g/mol. The summed E-state index contributed by atoms with van der Waals surface area (Å²) in [7, 11) is 4.19. The Morgan fingerprint density at radius 3 is 2.33 bits per heavy atom. The number of benzene rings is 2. The van der Waals surface area contributed by atoms with Gasteiger partial charge in [-0.05, 0) is 17.7 Å². The van der Waals surface area contributed by atoms with Gasteiger partial charge in [-0.15, -0.1) is 0 Å². The molecule has 0 aliphatic carbocycles. The number of phenolic OH excluding ortho intramolecular Hbond substituents is 2.